The number of carbonyl (C=O) groups excluding carboxylic acids is 1. The molecule has 0 unspecified atom stereocenters. The lowest BCUT2D eigenvalue weighted by molar-refractivity contribution is -0.142. The van der Waals surface area contributed by atoms with E-state index in [2.05, 4.69) is 0 Å². The van der Waals surface area contributed by atoms with Crippen LogP contribution in [0.3, 0.4) is 0 Å². The summed E-state index contributed by atoms with van der Waals surface area (Å²) in [6, 6.07) is 5.15. The number of alkyl halides is 2. The summed E-state index contributed by atoms with van der Waals surface area (Å²) in [6.07, 6.45) is 0.240. The summed E-state index contributed by atoms with van der Waals surface area (Å²) < 4.78 is 79.0. The Balaban J connectivity index is 1.71. The maximum Gasteiger partial charge on any atom is 0.251 e. The molecule has 2 aliphatic rings. The number of sulfonamides is 1. The number of halogens is 2. The normalized spacial score (nSPS) is 22.8. The molecule has 1 aromatic carbocycles. The van der Waals surface area contributed by atoms with Crippen molar-refractivity contribution in [3.05, 3.63) is 24.3 Å². The van der Waals surface area contributed by atoms with Crippen LogP contribution in [0.4, 0.5) is 8.78 Å². The van der Waals surface area contributed by atoms with Gasteiger partial charge in [-0.05, 0) is 43.0 Å². The lowest BCUT2D eigenvalue weighted by Crippen LogP contribution is -2.49. The summed E-state index contributed by atoms with van der Waals surface area (Å²) in [4.78, 5) is 14.3. The van der Waals surface area contributed by atoms with Crippen molar-refractivity contribution in [2.24, 2.45) is 11.8 Å². The van der Waals surface area contributed by atoms with Gasteiger partial charge >= 0.3 is 0 Å². The van der Waals surface area contributed by atoms with Gasteiger partial charge in [-0.3, -0.25) is 4.79 Å². The van der Waals surface area contributed by atoms with Crippen molar-refractivity contribution in [1.29, 1.82) is 0 Å². The molecule has 32 heavy (non-hydrogen) atoms. The molecule has 2 saturated heterocycles. The van der Waals surface area contributed by atoms with Crippen LogP contribution < -0.4 is 0 Å². The number of amides is 1. The van der Waals surface area contributed by atoms with E-state index in [1.807, 2.05) is 0 Å². The van der Waals surface area contributed by atoms with E-state index in [1.54, 1.807) is 13.8 Å². The van der Waals surface area contributed by atoms with Gasteiger partial charge in [-0.25, -0.2) is 25.6 Å². The standard InChI is InChI=1S/C21H30F2N2O5S2/c1-16(2)15-31(27,28)18-5-7-19(8-6-18)32(29,30)25-11-3-4-17(14-25)20(26)24-12-9-21(22,23)10-13-24/h5-8,16-17H,3-4,9-15H2,1-2H3/t17-/m1/s1. The monoisotopic (exact) mass is 492 g/mol. The van der Waals surface area contributed by atoms with Crippen LogP contribution in [0.5, 0.6) is 0 Å². The number of likely N-dealkylation sites (tertiary alicyclic amines) is 1. The zero-order valence-electron chi connectivity index (χ0n) is 18.3. The summed E-state index contributed by atoms with van der Waals surface area (Å²) in [5, 5.41) is 0. The maximum atomic E-state index is 13.4. The first-order chi connectivity index (χ1) is 14.8. The molecule has 0 N–H and O–H groups in total. The Hall–Kier alpha value is -1.59. The summed E-state index contributed by atoms with van der Waals surface area (Å²) in [6.45, 7) is 3.77. The Morgan fingerprint density at radius 3 is 2.16 bits per heavy atom. The smallest absolute Gasteiger partial charge is 0.251 e. The van der Waals surface area contributed by atoms with Gasteiger partial charge in [0.1, 0.15) is 0 Å². The molecule has 0 aliphatic carbocycles. The van der Waals surface area contributed by atoms with E-state index in [1.165, 1.54) is 33.5 Å². The van der Waals surface area contributed by atoms with Crippen LogP contribution in [0.1, 0.15) is 39.5 Å². The van der Waals surface area contributed by atoms with Crippen molar-refractivity contribution in [1.82, 2.24) is 9.21 Å². The van der Waals surface area contributed by atoms with E-state index in [4.69, 9.17) is 0 Å². The Bertz CT molecular complexity index is 1030. The van der Waals surface area contributed by atoms with Crippen LogP contribution in [0.25, 0.3) is 0 Å². The fraction of sp³-hybridized carbons (Fsp3) is 0.667. The van der Waals surface area contributed by atoms with Crippen LogP contribution in [-0.2, 0) is 24.7 Å². The van der Waals surface area contributed by atoms with Gasteiger partial charge in [0.15, 0.2) is 9.84 Å². The van der Waals surface area contributed by atoms with E-state index in [9.17, 15) is 30.4 Å². The second kappa shape index (κ2) is 9.34. The van der Waals surface area contributed by atoms with Crippen molar-refractivity contribution in [3.63, 3.8) is 0 Å². The predicted octanol–water partition coefficient (Wildman–Crippen LogP) is 2.77. The van der Waals surface area contributed by atoms with Crippen LogP contribution in [0.15, 0.2) is 34.1 Å². The molecule has 2 fully saturated rings. The highest BCUT2D eigenvalue weighted by atomic mass is 32.2. The van der Waals surface area contributed by atoms with E-state index in [0.717, 1.165) is 0 Å². The molecule has 0 spiro atoms. The molecule has 2 aliphatic heterocycles. The molecule has 1 atom stereocenters. The molecule has 180 valence electrons. The minimum atomic E-state index is -3.92. The van der Waals surface area contributed by atoms with Crippen LogP contribution in [0.2, 0.25) is 0 Å². The highest BCUT2D eigenvalue weighted by Gasteiger charge is 2.39. The number of benzene rings is 1. The number of hydrogen-bond acceptors (Lipinski definition) is 5. The second-order valence-corrected chi connectivity index (χ2v) is 13.0. The number of piperidine rings is 2. The van der Waals surface area contributed by atoms with Gasteiger partial charge in [-0.1, -0.05) is 13.8 Å². The molecular weight excluding hydrogens is 462 g/mol. The van der Waals surface area contributed by atoms with E-state index < -0.39 is 31.7 Å². The Kier molecular flexibility index (Phi) is 7.31. The molecule has 0 saturated carbocycles. The highest BCUT2D eigenvalue weighted by molar-refractivity contribution is 7.91. The van der Waals surface area contributed by atoms with Crippen LogP contribution in [0, 0.1) is 11.8 Å². The molecule has 0 aromatic heterocycles. The third-order valence-electron chi connectivity index (χ3n) is 5.91. The molecule has 1 aromatic rings. The third kappa shape index (κ3) is 5.66. The van der Waals surface area contributed by atoms with Crippen molar-refractivity contribution >= 4 is 25.8 Å². The largest absolute Gasteiger partial charge is 0.342 e. The molecule has 7 nitrogen and oxygen atoms in total. The average Bonchev–Trinajstić information content (AvgIpc) is 2.72. The Morgan fingerprint density at radius 2 is 1.59 bits per heavy atom. The zero-order valence-corrected chi connectivity index (χ0v) is 20.0. The fourth-order valence-electron chi connectivity index (χ4n) is 4.18. The summed E-state index contributed by atoms with van der Waals surface area (Å²) in [5.74, 6) is -3.70. The maximum absolute atomic E-state index is 13.4. The van der Waals surface area contributed by atoms with Gasteiger partial charge in [-0.2, -0.15) is 4.31 Å². The number of rotatable bonds is 6. The molecular formula is C21H30F2N2O5S2. The third-order valence-corrected chi connectivity index (χ3v) is 9.89. The number of carbonyl (C=O) groups is 1. The van der Waals surface area contributed by atoms with Gasteiger partial charge < -0.3 is 4.90 Å². The first kappa shape index (κ1) is 25.0. The first-order valence-electron chi connectivity index (χ1n) is 10.8. The van der Waals surface area contributed by atoms with Gasteiger partial charge in [0.2, 0.25) is 15.9 Å². The highest BCUT2D eigenvalue weighted by Crippen LogP contribution is 2.31. The lowest BCUT2D eigenvalue weighted by Gasteiger charge is -2.37. The van der Waals surface area contributed by atoms with E-state index in [0.29, 0.717) is 12.8 Å². The van der Waals surface area contributed by atoms with Crippen LogP contribution >= 0.6 is 0 Å². The van der Waals surface area contributed by atoms with Crippen molar-refractivity contribution in [2.75, 3.05) is 31.9 Å². The molecule has 3 rings (SSSR count). The van der Waals surface area contributed by atoms with E-state index in [-0.39, 0.29) is 66.4 Å². The van der Waals surface area contributed by atoms with Gasteiger partial charge in [0.05, 0.1) is 21.5 Å². The summed E-state index contributed by atoms with van der Waals surface area (Å²) in [5.41, 5.74) is 0. The molecule has 11 heteroatoms. The predicted molar refractivity (Wildman–Crippen MR) is 116 cm³/mol. The van der Waals surface area contributed by atoms with Gasteiger partial charge in [-0.15, -0.1) is 0 Å². The van der Waals surface area contributed by atoms with Gasteiger partial charge in [0.25, 0.3) is 5.92 Å². The lowest BCUT2D eigenvalue weighted by atomic mass is 9.96. The number of hydrogen-bond donors (Lipinski definition) is 0. The minimum Gasteiger partial charge on any atom is -0.342 e. The van der Waals surface area contributed by atoms with Crippen molar-refractivity contribution in [3.8, 4) is 0 Å². The second-order valence-electron chi connectivity index (χ2n) is 9.03. The zero-order chi connectivity index (χ0) is 23.7. The first-order valence-corrected chi connectivity index (χ1v) is 13.9. The SMILES string of the molecule is CC(C)CS(=O)(=O)c1ccc(S(=O)(=O)N2CCC[C@@H](C(=O)N3CCC(F)(F)CC3)C2)cc1. The number of sulfone groups is 1. The van der Waals surface area contributed by atoms with Gasteiger partial charge in [0, 0.05) is 39.0 Å². The van der Waals surface area contributed by atoms with Crippen molar-refractivity contribution < 1.29 is 30.4 Å². The Morgan fingerprint density at radius 1 is 1.03 bits per heavy atom. The quantitative estimate of drug-likeness (QED) is 0.609. The molecule has 0 bridgehead atoms. The molecule has 2 heterocycles. The molecule has 0 radical (unpaired) electrons. The van der Waals surface area contributed by atoms with Crippen molar-refractivity contribution in [2.45, 2.75) is 55.2 Å². The van der Waals surface area contributed by atoms with Crippen LogP contribution in [-0.4, -0.2) is 69.8 Å². The summed E-state index contributed by atoms with van der Waals surface area (Å²) >= 11 is 0. The Labute approximate surface area is 188 Å². The summed E-state index contributed by atoms with van der Waals surface area (Å²) in [7, 11) is -7.41. The van der Waals surface area contributed by atoms with E-state index >= 15 is 0 Å². The topological polar surface area (TPSA) is 91.8 Å². The minimum absolute atomic E-state index is 0.0124. The average molecular weight is 493 g/mol. The fourth-order valence-corrected chi connectivity index (χ4v) is 7.32. The number of nitrogens with zero attached hydrogens (tertiary/aromatic N) is 2. The molecule has 1 amide bonds.